The molecular weight excluding hydrogens is 384 g/mol. The molecule has 4 rings (SSSR count). The van der Waals surface area contributed by atoms with Gasteiger partial charge in [0.2, 0.25) is 5.91 Å². The van der Waals surface area contributed by atoms with E-state index in [0.29, 0.717) is 11.7 Å². The summed E-state index contributed by atoms with van der Waals surface area (Å²) in [7, 11) is 0. The van der Waals surface area contributed by atoms with Crippen molar-refractivity contribution in [1.29, 1.82) is 0 Å². The minimum absolute atomic E-state index is 0.0333. The van der Waals surface area contributed by atoms with E-state index in [1.54, 1.807) is 15.7 Å². The first-order valence-electron chi connectivity index (χ1n) is 8.99. The summed E-state index contributed by atoms with van der Waals surface area (Å²) in [6, 6.07) is 17.5. The molecule has 7 nitrogen and oxygen atoms in total. The lowest BCUT2D eigenvalue weighted by Crippen LogP contribution is -2.32. The molecule has 2 heterocycles. The smallest absolute Gasteiger partial charge is 0.233 e. The maximum Gasteiger partial charge on any atom is 0.233 e. The molecule has 144 valence electrons. The Hall–Kier alpha value is -3.65. The molecule has 0 N–H and O–H groups in total. The number of hydrogen-bond donors (Lipinski definition) is 0. The molecule has 0 aliphatic rings. The van der Waals surface area contributed by atoms with Gasteiger partial charge in [-0.15, -0.1) is 23.0 Å². The van der Waals surface area contributed by atoms with E-state index < -0.39 is 0 Å². The first kappa shape index (κ1) is 18.7. The van der Waals surface area contributed by atoms with Crippen LogP contribution in [0, 0.1) is 0 Å². The Morgan fingerprint density at radius 2 is 1.93 bits per heavy atom. The van der Waals surface area contributed by atoms with E-state index >= 15 is 0 Å². The van der Waals surface area contributed by atoms with Crippen LogP contribution in [-0.4, -0.2) is 37.6 Å². The number of carbonyl (C=O) groups is 1. The number of amides is 1. The summed E-state index contributed by atoms with van der Waals surface area (Å²) in [5.74, 6) is -0.0333. The van der Waals surface area contributed by atoms with Crippen LogP contribution in [-0.2, 0) is 11.2 Å². The van der Waals surface area contributed by atoms with Gasteiger partial charge < -0.3 is 0 Å². The SMILES string of the molecule is C=CCN(C(=O)Cc1ccc(-n2cnnn2)cc1)c1nc(-c2ccccc2)cs1. The molecule has 0 fully saturated rings. The monoisotopic (exact) mass is 402 g/mol. The fourth-order valence-electron chi connectivity index (χ4n) is 2.86. The van der Waals surface area contributed by atoms with Crippen molar-refractivity contribution in [2.24, 2.45) is 0 Å². The number of hydrogen-bond acceptors (Lipinski definition) is 6. The Morgan fingerprint density at radius 1 is 1.14 bits per heavy atom. The van der Waals surface area contributed by atoms with Crippen molar-refractivity contribution in [3.8, 4) is 16.9 Å². The molecule has 0 spiro atoms. The van der Waals surface area contributed by atoms with Crippen molar-refractivity contribution in [2.45, 2.75) is 6.42 Å². The maximum absolute atomic E-state index is 13.0. The third-order valence-electron chi connectivity index (χ3n) is 4.31. The predicted octanol–water partition coefficient (Wildman–Crippen LogP) is 3.55. The third-order valence-corrected chi connectivity index (χ3v) is 5.17. The second kappa shape index (κ2) is 8.57. The van der Waals surface area contributed by atoms with E-state index in [2.05, 4.69) is 27.1 Å². The van der Waals surface area contributed by atoms with Crippen LogP contribution in [0.25, 0.3) is 16.9 Å². The fourth-order valence-corrected chi connectivity index (χ4v) is 3.72. The summed E-state index contributed by atoms with van der Waals surface area (Å²) in [5.41, 5.74) is 3.62. The zero-order valence-electron chi connectivity index (χ0n) is 15.5. The van der Waals surface area contributed by atoms with Crippen LogP contribution in [0.3, 0.4) is 0 Å². The van der Waals surface area contributed by atoms with Crippen LogP contribution in [0.15, 0.2) is 79.0 Å². The normalized spacial score (nSPS) is 10.6. The Bertz CT molecular complexity index is 1090. The summed E-state index contributed by atoms with van der Waals surface area (Å²) >= 11 is 1.45. The lowest BCUT2D eigenvalue weighted by Gasteiger charge is -2.18. The standard InChI is InChI=1S/C21H18N6OS/c1-2-12-26(21-23-19(14-29-21)17-6-4-3-5-7-17)20(28)13-16-8-10-18(11-9-16)27-15-22-24-25-27/h2-11,14-15H,1,12-13H2. The van der Waals surface area contributed by atoms with Gasteiger partial charge in [0.1, 0.15) is 6.33 Å². The summed E-state index contributed by atoms with van der Waals surface area (Å²) in [6.07, 6.45) is 3.50. The highest BCUT2D eigenvalue weighted by Gasteiger charge is 2.19. The highest BCUT2D eigenvalue weighted by Crippen LogP contribution is 2.28. The first-order valence-corrected chi connectivity index (χ1v) is 9.87. The van der Waals surface area contributed by atoms with Crippen LogP contribution in [0.4, 0.5) is 5.13 Å². The molecule has 0 aliphatic carbocycles. The zero-order valence-corrected chi connectivity index (χ0v) is 16.4. The van der Waals surface area contributed by atoms with E-state index in [-0.39, 0.29) is 12.3 Å². The molecule has 8 heteroatoms. The molecule has 1 amide bonds. The summed E-state index contributed by atoms with van der Waals surface area (Å²) < 4.78 is 1.57. The zero-order chi connectivity index (χ0) is 20.1. The highest BCUT2D eigenvalue weighted by molar-refractivity contribution is 7.14. The van der Waals surface area contributed by atoms with E-state index in [1.807, 2.05) is 60.0 Å². The summed E-state index contributed by atoms with van der Waals surface area (Å²) in [4.78, 5) is 19.3. The number of carbonyl (C=O) groups excluding carboxylic acids is 1. The van der Waals surface area contributed by atoms with Crippen LogP contribution >= 0.6 is 11.3 Å². The van der Waals surface area contributed by atoms with Gasteiger partial charge in [-0.25, -0.2) is 9.67 Å². The van der Waals surface area contributed by atoms with Crippen molar-refractivity contribution in [2.75, 3.05) is 11.4 Å². The average Bonchev–Trinajstić information content (AvgIpc) is 3.46. The van der Waals surface area contributed by atoms with Crippen molar-refractivity contribution >= 4 is 22.4 Å². The summed E-state index contributed by atoms with van der Waals surface area (Å²) in [6.45, 7) is 4.19. The van der Waals surface area contributed by atoms with E-state index in [9.17, 15) is 4.79 Å². The van der Waals surface area contributed by atoms with Gasteiger partial charge in [-0.05, 0) is 28.1 Å². The minimum Gasteiger partial charge on any atom is -0.284 e. The molecule has 2 aromatic heterocycles. The fraction of sp³-hybridized carbons (Fsp3) is 0.0952. The number of aromatic nitrogens is 5. The average molecular weight is 402 g/mol. The van der Waals surface area contributed by atoms with E-state index in [1.165, 1.54) is 17.7 Å². The lowest BCUT2D eigenvalue weighted by molar-refractivity contribution is -0.117. The van der Waals surface area contributed by atoms with Crippen LogP contribution in [0.2, 0.25) is 0 Å². The molecule has 0 atom stereocenters. The molecule has 2 aromatic carbocycles. The van der Waals surface area contributed by atoms with Crippen molar-refractivity contribution in [3.05, 3.63) is 84.5 Å². The first-order chi connectivity index (χ1) is 14.2. The molecule has 0 saturated carbocycles. The van der Waals surface area contributed by atoms with Gasteiger partial charge in [0.25, 0.3) is 0 Å². The number of thiazole rings is 1. The second-order valence-electron chi connectivity index (χ2n) is 6.27. The van der Waals surface area contributed by atoms with Crippen molar-refractivity contribution in [1.82, 2.24) is 25.2 Å². The summed E-state index contributed by atoms with van der Waals surface area (Å²) in [5, 5.41) is 13.7. The molecule has 0 saturated heterocycles. The van der Waals surface area contributed by atoms with E-state index in [0.717, 1.165) is 22.5 Å². The highest BCUT2D eigenvalue weighted by atomic mass is 32.1. The number of tetrazole rings is 1. The van der Waals surface area contributed by atoms with Crippen LogP contribution in [0.5, 0.6) is 0 Å². The predicted molar refractivity (Wildman–Crippen MR) is 113 cm³/mol. The van der Waals surface area contributed by atoms with Gasteiger partial charge in [-0.2, -0.15) is 0 Å². The molecule has 4 aromatic rings. The quantitative estimate of drug-likeness (QED) is 0.442. The molecule has 0 radical (unpaired) electrons. The topological polar surface area (TPSA) is 76.8 Å². The third kappa shape index (κ3) is 4.27. The Balaban J connectivity index is 1.50. The molecule has 0 aliphatic heterocycles. The number of benzene rings is 2. The van der Waals surface area contributed by atoms with Crippen LogP contribution in [0.1, 0.15) is 5.56 Å². The Labute approximate surface area is 172 Å². The van der Waals surface area contributed by atoms with Crippen LogP contribution < -0.4 is 4.90 Å². The minimum atomic E-state index is -0.0333. The number of anilines is 1. The molecule has 0 bridgehead atoms. The number of rotatable bonds is 7. The lowest BCUT2D eigenvalue weighted by atomic mass is 10.1. The Morgan fingerprint density at radius 3 is 2.62 bits per heavy atom. The molecular formula is C21H18N6OS. The van der Waals surface area contributed by atoms with Gasteiger partial charge >= 0.3 is 0 Å². The van der Waals surface area contributed by atoms with Crippen molar-refractivity contribution in [3.63, 3.8) is 0 Å². The molecule has 0 unspecified atom stereocenters. The Kier molecular flexibility index (Phi) is 5.53. The van der Waals surface area contributed by atoms with Gasteiger partial charge in [0.15, 0.2) is 5.13 Å². The largest absolute Gasteiger partial charge is 0.284 e. The van der Waals surface area contributed by atoms with Gasteiger partial charge in [0, 0.05) is 17.5 Å². The number of nitrogens with zero attached hydrogens (tertiary/aromatic N) is 6. The van der Waals surface area contributed by atoms with Gasteiger partial charge in [-0.1, -0.05) is 48.5 Å². The maximum atomic E-state index is 13.0. The second-order valence-corrected chi connectivity index (χ2v) is 7.11. The van der Waals surface area contributed by atoms with E-state index in [4.69, 9.17) is 0 Å². The van der Waals surface area contributed by atoms with Crippen molar-refractivity contribution < 1.29 is 4.79 Å². The molecule has 29 heavy (non-hydrogen) atoms. The van der Waals surface area contributed by atoms with Gasteiger partial charge in [-0.3, -0.25) is 9.69 Å². The van der Waals surface area contributed by atoms with Gasteiger partial charge in [0.05, 0.1) is 17.8 Å².